The molecule has 1 amide bonds. The monoisotopic (exact) mass is 520 g/mol. The van der Waals surface area contributed by atoms with Gasteiger partial charge in [-0.05, 0) is 60.4 Å². The number of fused-ring (bicyclic) bond motifs is 5. The Morgan fingerprint density at radius 3 is 2.82 bits per heavy atom. The number of amides is 1. The van der Waals surface area contributed by atoms with E-state index < -0.39 is 22.4 Å². The van der Waals surface area contributed by atoms with E-state index in [1.807, 2.05) is 18.2 Å². The van der Waals surface area contributed by atoms with Crippen molar-refractivity contribution < 1.29 is 33.6 Å². The molecule has 0 unspecified atom stereocenters. The van der Waals surface area contributed by atoms with Crippen molar-refractivity contribution in [2.45, 2.75) is 87.2 Å². The molecule has 5 heterocycles. The summed E-state index contributed by atoms with van der Waals surface area (Å²) in [5.41, 5.74) is 0.588. The first kappa shape index (κ1) is 22.4. The first-order valence-electron chi connectivity index (χ1n) is 13.9. The molecular formula is C29H32N2O7. The van der Waals surface area contributed by atoms with Crippen molar-refractivity contribution in [1.82, 2.24) is 0 Å². The standard InChI is InChI=1S/C29H32N2O7/c1-13(2)27-22(37-27)23-29(38-23)25(3)7-6-16-17(11-35-24(16)33)18(25)10-20-28(29,36-20)26(27,34)12-30-15-4-5-19-14(8-15)9-21(32)31-19/h4-5,8,13,18,20,22-23,30,34H,6-7,9-12H2,1-3H3,(H,31,32)/t18-,20-,22-,23-,25-,26-,27-,28+,29+/m0/s1. The Kier molecular flexibility index (Phi) is 3.71. The molecule has 0 bridgehead atoms. The Balaban J connectivity index is 1.13. The molecule has 38 heavy (non-hydrogen) atoms. The van der Waals surface area contributed by atoms with Gasteiger partial charge in [0.15, 0.2) is 5.60 Å². The summed E-state index contributed by atoms with van der Waals surface area (Å²) in [5, 5.41) is 19.4. The van der Waals surface area contributed by atoms with E-state index in [2.05, 4.69) is 31.4 Å². The molecule has 1 aromatic rings. The van der Waals surface area contributed by atoms with E-state index >= 15 is 0 Å². The van der Waals surface area contributed by atoms with Crippen molar-refractivity contribution in [2.24, 2.45) is 17.3 Å². The quantitative estimate of drug-likeness (QED) is 0.407. The molecule has 2 saturated carbocycles. The van der Waals surface area contributed by atoms with Gasteiger partial charge in [0.1, 0.15) is 35.6 Å². The predicted octanol–water partition coefficient (Wildman–Crippen LogP) is 2.08. The number of cyclic esters (lactones) is 1. The van der Waals surface area contributed by atoms with Gasteiger partial charge in [-0.1, -0.05) is 20.8 Å². The highest BCUT2D eigenvalue weighted by molar-refractivity contribution is 5.99. The fraction of sp³-hybridized carbons (Fsp3) is 0.655. The van der Waals surface area contributed by atoms with Gasteiger partial charge in [-0.15, -0.1) is 0 Å². The van der Waals surface area contributed by atoms with Gasteiger partial charge in [-0.2, -0.15) is 0 Å². The largest absolute Gasteiger partial charge is 0.458 e. The minimum Gasteiger partial charge on any atom is -0.458 e. The number of hydrogen-bond donors (Lipinski definition) is 3. The van der Waals surface area contributed by atoms with Crippen molar-refractivity contribution >= 4 is 23.3 Å². The van der Waals surface area contributed by atoms with Gasteiger partial charge in [0.2, 0.25) is 5.91 Å². The van der Waals surface area contributed by atoms with Crippen LogP contribution in [-0.4, -0.2) is 70.9 Å². The second kappa shape index (κ2) is 6.30. The number of nitrogens with one attached hydrogen (secondary N) is 2. The number of anilines is 2. The molecule has 0 radical (unpaired) electrons. The molecule has 200 valence electrons. The summed E-state index contributed by atoms with van der Waals surface area (Å²) in [6, 6.07) is 5.82. The molecule has 5 aliphatic heterocycles. The molecular weight excluding hydrogens is 488 g/mol. The van der Waals surface area contributed by atoms with E-state index in [1.165, 1.54) is 0 Å². The molecule has 0 aromatic heterocycles. The van der Waals surface area contributed by atoms with E-state index in [0.717, 1.165) is 40.9 Å². The summed E-state index contributed by atoms with van der Waals surface area (Å²) < 4.78 is 25.5. The van der Waals surface area contributed by atoms with E-state index in [9.17, 15) is 14.7 Å². The third kappa shape index (κ3) is 2.08. The van der Waals surface area contributed by atoms with Crippen LogP contribution in [0, 0.1) is 17.3 Å². The SMILES string of the molecule is CC(C)[C@]12O[C@H]1[C@@H]1O[C@]13[C@]1(O[C@H]1C[C@H]1C4=C(CC[C@@]13C)C(=O)OC4)[C@]2(O)CNc1ccc2c(c1)CC(=O)N2. The third-order valence-electron chi connectivity index (χ3n) is 11.7. The van der Waals surface area contributed by atoms with Gasteiger partial charge >= 0.3 is 5.97 Å². The van der Waals surface area contributed by atoms with Gasteiger partial charge in [-0.25, -0.2) is 4.79 Å². The predicted molar refractivity (Wildman–Crippen MR) is 133 cm³/mol. The zero-order valence-corrected chi connectivity index (χ0v) is 21.8. The van der Waals surface area contributed by atoms with Crippen LogP contribution < -0.4 is 10.6 Å². The molecule has 3 N–H and O–H groups in total. The lowest BCUT2D eigenvalue weighted by atomic mass is 9.44. The fourth-order valence-electron chi connectivity index (χ4n) is 9.92. The zero-order valence-electron chi connectivity index (χ0n) is 21.8. The Bertz CT molecular complexity index is 1410. The van der Waals surface area contributed by atoms with Crippen molar-refractivity contribution in [3.05, 3.63) is 34.9 Å². The number of carbonyl (C=O) groups is 2. The van der Waals surface area contributed by atoms with Crippen LogP contribution in [0.3, 0.4) is 0 Å². The van der Waals surface area contributed by atoms with Gasteiger partial charge in [-0.3, -0.25) is 4.79 Å². The van der Waals surface area contributed by atoms with Gasteiger partial charge in [0, 0.05) is 28.9 Å². The summed E-state index contributed by atoms with van der Waals surface area (Å²) in [6.07, 6.45) is 2.00. The molecule has 9 rings (SSSR count). The number of esters is 1. The van der Waals surface area contributed by atoms with Crippen molar-refractivity contribution in [2.75, 3.05) is 23.8 Å². The Morgan fingerprint density at radius 2 is 2.00 bits per heavy atom. The van der Waals surface area contributed by atoms with Crippen LogP contribution in [0.2, 0.25) is 0 Å². The van der Waals surface area contributed by atoms with E-state index in [4.69, 9.17) is 18.9 Å². The van der Waals surface area contributed by atoms with E-state index in [1.54, 1.807) is 0 Å². The number of rotatable bonds is 4. The lowest BCUT2D eigenvalue weighted by molar-refractivity contribution is -0.159. The number of hydrogen-bond acceptors (Lipinski definition) is 8. The second-order valence-corrected chi connectivity index (χ2v) is 13.2. The maximum absolute atomic E-state index is 13.0. The van der Waals surface area contributed by atoms with Crippen LogP contribution in [0.25, 0.3) is 0 Å². The van der Waals surface area contributed by atoms with Crippen molar-refractivity contribution in [3.8, 4) is 0 Å². The molecule has 2 spiro atoms. The molecule has 9 atom stereocenters. The zero-order chi connectivity index (χ0) is 26.0. The van der Waals surface area contributed by atoms with Crippen LogP contribution in [-0.2, 0) is 35.0 Å². The maximum atomic E-state index is 13.0. The van der Waals surface area contributed by atoms with Crippen molar-refractivity contribution in [3.63, 3.8) is 0 Å². The number of carbonyl (C=O) groups excluding carboxylic acids is 2. The Labute approximate surface area is 220 Å². The number of ether oxygens (including phenoxy) is 4. The van der Waals surface area contributed by atoms with Crippen LogP contribution >= 0.6 is 0 Å². The minimum atomic E-state index is -1.34. The maximum Gasteiger partial charge on any atom is 0.334 e. The van der Waals surface area contributed by atoms with Crippen LogP contribution in [0.1, 0.15) is 45.6 Å². The first-order valence-corrected chi connectivity index (χ1v) is 13.9. The summed E-state index contributed by atoms with van der Waals surface area (Å²) in [5.74, 6) is -0.0170. The molecule has 9 nitrogen and oxygen atoms in total. The number of benzene rings is 1. The van der Waals surface area contributed by atoms with Gasteiger partial charge < -0.3 is 34.7 Å². The molecule has 1 aromatic carbocycles. The summed E-state index contributed by atoms with van der Waals surface area (Å²) in [7, 11) is 0. The summed E-state index contributed by atoms with van der Waals surface area (Å²) in [4.78, 5) is 24.3. The highest BCUT2D eigenvalue weighted by Gasteiger charge is 3.04. The lowest BCUT2D eigenvalue weighted by Crippen LogP contribution is -2.77. The van der Waals surface area contributed by atoms with Crippen LogP contribution in [0.5, 0.6) is 0 Å². The normalized spacial score (nSPS) is 50.0. The Morgan fingerprint density at radius 1 is 1.16 bits per heavy atom. The summed E-state index contributed by atoms with van der Waals surface area (Å²) >= 11 is 0. The average Bonchev–Trinajstić information content (AvgIpc) is 3.79. The minimum absolute atomic E-state index is 0.00635. The number of epoxide rings is 3. The molecule has 3 aliphatic carbocycles. The van der Waals surface area contributed by atoms with Gasteiger partial charge in [0.05, 0.1) is 12.5 Å². The molecule has 8 aliphatic rings. The van der Waals surface area contributed by atoms with Crippen LogP contribution in [0.4, 0.5) is 11.4 Å². The fourth-order valence-corrected chi connectivity index (χ4v) is 9.92. The average molecular weight is 521 g/mol. The number of aliphatic hydroxyl groups is 1. The summed E-state index contributed by atoms with van der Waals surface area (Å²) in [6.45, 7) is 7.08. The second-order valence-electron chi connectivity index (χ2n) is 13.2. The molecule has 3 saturated heterocycles. The highest BCUT2D eigenvalue weighted by Crippen LogP contribution is 2.85. The first-order chi connectivity index (χ1) is 18.1. The molecule has 9 heteroatoms. The topological polar surface area (TPSA) is 125 Å². The van der Waals surface area contributed by atoms with Crippen molar-refractivity contribution in [1.29, 1.82) is 0 Å². The lowest BCUT2D eigenvalue weighted by Gasteiger charge is -2.56. The van der Waals surface area contributed by atoms with Gasteiger partial charge in [0.25, 0.3) is 0 Å². The van der Waals surface area contributed by atoms with Crippen LogP contribution in [0.15, 0.2) is 29.3 Å². The smallest absolute Gasteiger partial charge is 0.334 e. The highest BCUT2D eigenvalue weighted by atomic mass is 16.7. The molecule has 5 fully saturated rings. The third-order valence-corrected chi connectivity index (χ3v) is 11.7. The van der Waals surface area contributed by atoms with E-state index in [-0.39, 0.29) is 54.0 Å². The Hall–Kier alpha value is -2.46. The van der Waals surface area contributed by atoms with E-state index in [0.29, 0.717) is 19.4 Å².